The van der Waals surface area contributed by atoms with Crippen molar-refractivity contribution in [3.05, 3.63) is 77.5 Å². The van der Waals surface area contributed by atoms with Gasteiger partial charge in [0.15, 0.2) is 4.90 Å². The molecule has 0 aliphatic heterocycles. The fourth-order valence-electron chi connectivity index (χ4n) is 2.83. The van der Waals surface area contributed by atoms with Crippen molar-refractivity contribution >= 4 is 15.8 Å². The molecule has 2 aromatic carbocycles. The molecule has 0 atom stereocenters. The van der Waals surface area contributed by atoms with Crippen LogP contribution in [0.15, 0.2) is 53.6 Å². The van der Waals surface area contributed by atoms with Crippen molar-refractivity contribution in [1.82, 2.24) is 4.98 Å². The number of halogens is 4. The van der Waals surface area contributed by atoms with Crippen molar-refractivity contribution in [2.75, 3.05) is 18.5 Å². The summed E-state index contributed by atoms with van der Waals surface area (Å²) >= 11 is 0. The highest BCUT2D eigenvalue weighted by Gasteiger charge is 2.33. The molecule has 0 aliphatic rings. The van der Waals surface area contributed by atoms with E-state index >= 15 is 0 Å². The van der Waals surface area contributed by atoms with Gasteiger partial charge in [0, 0.05) is 23.8 Å². The van der Waals surface area contributed by atoms with Crippen LogP contribution in [-0.4, -0.2) is 27.6 Å². The Morgan fingerprint density at radius 2 is 1.58 bits per heavy atom. The molecule has 0 aliphatic carbocycles. The number of rotatable bonds is 7. The van der Waals surface area contributed by atoms with Gasteiger partial charge in [-0.15, -0.1) is 0 Å². The topological polar surface area (TPSA) is 68.7 Å². The molecule has 0 spiro atoms. The smallest absolute Gasteiger partial charge is 0.271 e. The van der Waals surface area contributed by atoms with E-state index < -0.39 is 44.7 Å². The van der Waals surface area contributed by atoms with Crippen LogP contribution in [0.2, 0.25) is 0 Å². The summed E-state index contributed by atoms with van der Waals surface area (Å²) in [6.07, 6.45) is 0.750. The summed E-state index contributed by atoms with van der Waals surface area (Å²) < 4.78 is 92.7. The lowest BCUT2D eigenvalue weighted by molar-refractivity contribution is 0.391. The molecule has 0 radical (unpaired) electrons. The minimum Gasteiger partial charge on any atom is -0.497 e. The molecule has 11 heteroatoms. The summed E-state index contributed by atoms with van der Waals surface area (Å²) in [5.41, 5.74) is 0.293. The van der Waals surface area contributed by atoms with E-state index in [1.165, 1.54) is 32.4 Å². The Bertz CT molecular complexity index is 1180. The summed E-state index contributed by atoms with van der Waals surface area (Å²) in [6.45, 7) is -0.482. The fraction of sp³-hybridized carbons (Fsp3) is 0.150. The molecule has 0 bridgehead atoms. The van der Waals surface area contributed by atoms with Crippen LogP contribution in [0.25, 0.3) is 0 Å². The highest BCUT2D eigenvalue weighted by atomic mass is 32.2. The molecule has 1 aromatic heterocycles. The Hall–Kier alpha value is -3.34. The van der Waals surface area contributed by atoms with Crippen LogP contribution in [0.5, 0.6) is 11.5 Å². The third-order valence-corrected chi connectivity index (χ3v) is 6.09. The van der Waals surface area contributed by atoms with Gasteiger partial charge in [0.1, 0.15) is 40.6 Å². The molecule has 3 aromatic rings. The first-order valence-electron chi connectivity index (χ1n) is 8.67. The molecule has 0 unspecified atom stereocenters. The fourth-order valence-corrected chi connectivity index (χ4v) is 4.32. The molecule has 164 valence electrons. The monoisotopic (exact) mass is 456 g/mol. The zero-order valence-electron chi connectivity index (χ0n) is 16.3. The van der Waals surface area contributed by atoms with Crippen LogP contribution in [0.1, 0.15) is 5.56 Å². The predicted octanol–water partition coefficient (Wildman–Crippen LogP) is 4.05. The highest BCUT2D eigenvalue weighted by Crippen LogP contribution is 2.32. The van der Waals surface area contributed by atoms with Gasteiger partial charge >= 0.3 is 0 Å². The maximum atomic E-state index is 14.3. The molecule has 0 fully saturated rings. The van der Waals surface area contributed by atoms with E-state index in [1.807, 2.05) is 0 Å². The van der Waals surface area contributed by atoms with Gasteiger partial charge in [0.05, 0.1) is 27.0 Å². The van der Waals surface area contributed by atoms with Crippen LogP contribution >= 0.6 is 0 Å². The van der Waals surface area contributed by atoms with Crippen molar-refractivity contribution in [3.63, 3.8) is 0 Å². The van der Waals surface area contributed by atoms with E-state index in [-0.39, 0.29) is 23.7 Å². The van der Waals surface area contributed by atoms with Gasteiger partial charge < -0.3 is 9.47 Å². The second-order valence-corrected chi connectivity index (χ2v) is 8.02. The second-order valence-electron chi connectivity index (χ2n) is 6.22. The number of sulfonamides is 1. The van der Waals surface area contributed by atoms with Gasteiger partial charge in [-0.25, -0.2) is 35.3 Å². The van der Waals surface area contributed by atoms with Crippen LogP contribution in [0.4, 0.5) is 23.4 Å². The van der Waals surface area contributed by atoms with Crippen LogP contribution < -0.4 is 13.8 Å². The summed E-state index contributed by atoms with van der Waals surface area (Å²) in [7, 11) is -2.17. The van der Waals surface area contributed by atoms with Gasteiger partial charge in [0.25, 0.3) is 10.0 Å². The molecule has 6 nitrogen and oxygen atoms in total. The Labute approximate surface area is 175 Å². The Kier molecular flexibility index (Phi) is 6.34. The minimum absolute atomic E-state index is 0.224. The van der Waals surface area contributed by atoms with Crippen LogP contribution in [-0.2, 0) is 16.6 Å². The largest absolute Gasteiger partial charge is 0.497 e. The summed E-state index contributed by atoms with van der Waals surface area (Å²) in [5.74, 6) is -4.94. The summed E-state index contributed by atoms with van der Waals surface area (Å²) in [4.78, 5) is 2.35. The second kappa shape index (κ2) is 8.80. The lowest BCUT2D eigenvalue weighted by Crippen LogP contribution is -2.33. The molecule has 1 heterocycles. The number of methoxy groups -OCH3 is 2. The Morgan fingerprint density at radius 1 is 0.903 bits per heavy atom. The zero-order valence-corrected chi connectivity index (χ0v) is 17.1. The molecular weight excluding hydrogens is 440 g/mol. The number of pyridine rings is 1. The van der Waals surface area contributed by atoms with Crippen molar-refractivity contribution in [1.29, 1.82) is 0 Å². The lowest BCUT2D eigenvalue weighted by atomic mass is 10.2. The van der Waals surface area contributed by atoms with E-state index in [0.29, 0.717) is 15.6 Å². The number of ether oxygens (including phenoxy) is 2. The van der Waals surface area contributed by atoms with Crippen LogP contribution in [0.3, 0.4) is 0 Å². The predicted molar refractivity (Wildman–Crippen MR) is 103 cm³/mol. The first kappa shape index (κ1) is 22.3. The van der Waals surface area contributed by atoms with E-state index in [4.69, 9.17) is 9.47 Å². The third-order valence-electron chi connectivity index (χ3n) is 4.29. The zero-order chi connectivity index (χ0) is 22.8. The number of anilines is 1. The number of hydrogen-bond acceptors (Lipinski definition) is 5. The molecule has 0 amide bonds. The van der Waals surface area contributed by atoms with Gasteiger partial charge in [-0.1, -0.05) is 0 Å². The van der Waals surface area contributed by atoms with E-state index in [2.05, 4.69) is 4.98 Å². The van der Waals surface area contributed by atoms with Gasteiger partial charge in [-0.05, 0) is 24.3 Å². The van der Waals surface area contributed by atoms with Crippen molar-refractivity contribution in [2.45, 2.75) is 11.4 Å². The molecule has 0 saturated heterocycles. The van der Waals surface area contributed by atoms with Crippen molar-refractivity contribution < 1.29 is 35.5 Å². The first-order chi connectivity index (χ1) is 14.7. The Balaban J connectivity index is 2.18. The molecule has 0 N–H and O–H groups in total. The SMILES string of the molecule is COc1ccc(CN(c2ccc(F)cn2)S(=O)(=O)c2c(F)cc(F)cc2F)c(OC)c1. The van der Waals surface area contributed by atoms with E-state index in [9.17, 15) is 26.0 Å². The van der Waals surface area contributed by atoms with Gasteiger partial charge in [-0.3, -0.25) is 0 Å². The van der Waals surface area contributed by atoms with Crippen molar-refractivity contribution in [2.24, 2.45) is 0 Å². The number of benzene rings is 2. The maximum Gasteiger partial charge on any atom is 0.271 e. The maximum absolute atomic E-state index is 14.3. The normalized spacial score (nSPS) is 11.3. The van der Waals surface area contributed by atoms with Gasteiger partial charge in [0.2, 0.25) is 0 Å². The minimum atomic E-state index is -4.94. The molecule has 3 rings (SSSR count). The number of hydrogen-bond donors (Lipinski definition) is 0. The lowest BCUT2D eigenvalue weighted by Gasteiger charge is -2.25. The van der Waals surface area contributed by atoms with Crippen molar-refractivity contribution in [3.8, 4) is 11.5 Å². The average Bonchev–Trinajstić information content (AvgIpc) is 2.71. The average molecular weight is 456 g/mol. The quantitative estimate of drug-likeness (QED) is 0.502. The highest BCUT2D eigenvalue weighted by molar-refractivity contribution is 7.92. The third kappa shape index (κ3) is 4.55. The van der Waals surface area contributed by atoms with E-state index in [0.717, 1.165) is 18.3 Å². The summed E-state index contributed by atoms with van der Waals surface area (Å²) in [6, 6.07) is 6.97. The summed E-state index contributed by atoms with van der Waals surface area (Å²) in [5, 5.41) is 0. The molecule has 0 saturated carbocycles. The Morgan fingerprint density at radius 3 is 2.13 bits per heavy atom. The standard InChI is InChI=1S/C20H16F4N2O4S/c1-29-15-5-3-12(18(9-15)30-2)11-26(19-6-4-13(21)10-25-19)31(27,28)20-16(23)7-14(22)8-17(20)24/h3-10H,11H2,1-2H3. The first-order valence-corrected chi connectivity index (χ1v) is 10.1. The molecule has 31 heavy (non-hydrogen) atoms. The number of nitrogens with zero attached hydrogens (tertiary/aromatic N) is 2. The molecular formula is C20H16F4N2O4S. The number of aromatic nitrogens is 1. The van der Waals surface area contributed by atoms with Gasteiger partial charge in [-0.2, -0.15) is 0 Å². The van der Waals surface area contributed by atoms with Crippen LogP contribution in [0, 0.1) is 23.3 Å². The van der Waals surface area contributed by atoms with E-state index in [1.54, 1.807) is 0 Å².